The molecule has 0 spiro atoms. The summed E-state index contributed by atoms with van der Waals surface area (Å²) in [5, 5.41) is 4.94. The van der Waals surface area contributed by atoms with Gasteiger partial charge in [0.15, 0.2) is 0 Å². The number of hydrazone groups is 1. The molecule has 0 aromatic heterocycles. The molecule has 3 aromatic rings. The lowest BCUT2D eigenvalue weighted by molar-refractivity contribution is 0.0955. The van der Waals surface area contributed by atoms with Crippen molar-refractivity contribution < 1.29 is 13.2 Å². The molecule has 29 heavy (non-hydrogen) atoms. The molecule has 0 radical (unpaired) electrons. The predicted molar refractivity (Wildman–Crippen MR) is 115 cm³/mol. The average molecular weight is 448 g/mol. The van der Waals surface area contributed by atoms with Crippen LogP contribution in [0.15, 0.2) is 82.8 Å². The Bertz CT molecular complexity index is 1130. The zero-order chi connectivity index (χ0) is 20.9. The Morgan fingerprint density at radius 3 is 1.97 bits per heavy atom. The first-order valence-electron chi connectivity index (χ1n) is 8.31. The van der Waals surface area contributed by atoms with Gasteiger partial charge in [-0.2, -0.15) is 5.10 Å². The fourth-order valence-electron chi connectivity index (χ4n) is 2.30. The summed E-state index contributed by atoms with van der Waals surface area (Å²) in [6, 6.07) is 18.7. The molecule has 3 rings (SSSR count). The summed E-state index contributed by atoms with van der Waals surface area (Å²) in [7, 11) is -3.75. The summed E-state index contributed by atoms with van der Waals surface area (Å²) < 4.78 is 27.2. The van der Waals surface area contributed by atoms with Crippen molar-refractivity contribution >= 4 is 51.0 Å². The van der Waals surface area contributed by atoms with E-state index < -0.39 is 15.9 Å². The lowest BCUT2D eigenvalue weighted by Gasteiger charge is -2.08. The number of carbonyl (C=O) groups excluding carboxylic acids is 1. The van der Waals surface area contributed by atoms with Crippen LogP contribution < -0.4 is 10.1 Å². The molecule has 6 nitrogen and oxygen atoms in total. The number of carbonyl (C=O) groups is 1. The molecular formula is C20H15Cl2N3O3S. The zero-order valence-corrected chi connectivity index (χ0v) is 17.2. The molecule has 0 unspecified atom stereocenters. The van der Waals surface area contributed by atoms with E-state index in [1.165, 1.54) is 54.7 Å². The van der Waals surface area contributed by atoms with Gasteiger partial charge in [-0.3, -0.25) is 9.52 Å². The topological polar surface area (TPSA) is 87.6 Å². The Morgan fingerprint density at radius 1 is 0.828 bits per heavy atom. The van der Waals surface area contributed by atoms with Gasteiger partial charge in [0, 0.05) is 21.3 Å². The van der Waals surface area contributed by atoms with E-state index in [1.807, 2.05) is 0 Å². The maximum Gasteiger partial charge on any atom is 0.271 e. The Kier molecular flexibility index (Phi) is 6.53. The van der Waals surface area contributed by atoms with E-state index in [-0.39, 0.29) is 4.90 Å². The lowest BCUT2D eigenvalue weighted by Crippen LogP contribution is -2.18. The third kappa shape index (κ3) is 5.80. The molecule has 0 fully saturated rings. The number of nitrogens with one attached hydrogen (secondary N) is 2. The third-order valence-corrected chi connectivity index (χ3v) is 5.67. The van der Waals surface area contributed by atoms with Gasteiger partial charge in [0.2, 0.25) is 0 Å². The predicted octanol–water partition coefficient (Wildman–Crippen LogP) is 4.56. The van der Waals surface area contributed by atoms with Gasteiger partial charge in [0.1, 0.15) is 0 Å². The van der Waals surface area contributed by atoms with Crippen molar-refractivity contribution in [3.8, 4) is 0 Å². The molecule has 0 bridgehead atoms. The summed E-state index contributed by atoms with van der Waals surface area (Å²) in [5.74, 6) is -0.428. The van der Waals surface area contributed by atoms with Crippen LogP contribution in [0.1, 0.15) is 15.9 Å². The average Bonchev–Trinajstić information content (AvgIpc) is 2.70. The van der Waals surface area contributed by atoms with Gasteiger partial charge in [-0.1, -0.05) is 35.3 Å². The van der Waals surface area contributed by atoms with Crippen molar-refractivity contribution in [2.45, 2.75) is 4.90 Å². The Hall–Kier alpha value is -2.87. The number of amides is 1. The highest BCUT2D eigenvalue weighted by Crippen LogP contribution is 2.18. The second kappa shape index (κ2) is 9.09. The minimum atomic E-state index is -3.75. The van der Waals surface area contributed by atoms with Crippen molar-refractivity contribution in [1.82, 2.24) is 5.43 Å². The van der Waals surface area contributed by atoms with Crippen LogP contribution in [-0.4, -0.2) is 20.5 Å². The minimum Gasteiger partial charge on any atom is -0.280 e. The van der Waals surface area contributed by atoms with Crippen LogP contribution in [0, 0.1) is 0 Å². The summed E-state index contributed by atoms with van der Waals surface area (Å²) in [4.78, 5) is 12.2. The van der Waals surface area contributed by atoms with Gasteiger partial charge < -0.3 is 0 Å². The quantitative estimate of drug-likeness (QED) is 0.428. The van der Waals surface area contributed by atoms with Crippen LogP contribution in [0.2, 0.25) is 10.0 Å². The number of halogens is 2. The molecule has 0 atom stereocenters. The number of hydrogen-bond donors (Lipinski definition) is 2. The molecule has 2 N–H and O–H groups in total. The number of benzene rings is 3. The highest BCUT2D eigenvalue weighted by Gasteiger charge is 2.14. The number of nitrogens with zero attached hydrogens (tertiary/aromatic N) is 1. The molecule has 0 saturated heterocycles. The van der Waals surface area contributed by atoms with Crippen molar-refractivity contribution in [3.63, 3.8) is 0 Å². The number of hydrogen-bond acceptors (Lipinski definition) is 4. The Morgan fingerprint density at radius 2 is 1.38 bits per heavy atom. The van der Waals surface area contributed by atoms with Crippen LogP contribution in [0.25, 0.3) is 0 Å². The van der Waals surface area contributed by atoms with Crippen LogP contribution in [0.5, 0.6) is 0 Å². The molecule has 0 heterocycles. The Balaban J connectivity index is 1.62. The summed E-state index contributed by atoms with van der Waals surface area (Å²) in [6.45, 7) is 0. The largest absolute Gasteiger partial charge is 0.280 e. The van der Waals surface area contributed by atoms with Crippen molar-refractivity contribution in [2.75, 3.05) is 4.72 Å². The first kappa shape index (κ1) is 20.9. The highest BCUT2D eigenvalue weighted by atomic mass is 35.5. The zero-order valence-electron chi connectivity index (χ0n) is 14.8. The molecule has 3 aromatic carbocycles. The molecular weight excluding hydrogens is 433 g/mol. The van der Waals surface area contributed by atoms with Gasteiger partial charge in [0.05, 0.1) is 11.1 Å². The summed E-state index contributed by atoms with van der Waals surface area (Å²) >= 11 is 11.6. The number of rotatable bonds is 6. The molecule has 1 amide bonds. The van der Waals surface area contributed by atoms with Gasteiger partial charge in [-0.15, -0.1) is 0 Å². The monoisotopic (exact) mass is 447 g/mol. The van der Waals surface area contributed by atoms with Crippen LogP contribution in [-0.2, 0) is 10.0 Å². The van der Waals surface area contributed by atoms with E-state index >= 15 is 0 Å². The smallest absolute Gasteiger partial charge is 0.271 e. The van der Waals surface area contributed by atoms with Crippen LogP contribution >= 0.6 is 23.2 Å². The first-order valence-corrected chi connectivity index (χ1v) is 10.5. The van der Waals surface area contributed by atoms with E-state index in [1.54, 1.807) is 24.3 Å². The van der Waals surface area contributed by atoms with E-state index in [0.29, 0.717) is 21.3 Å². The minimum absolute atomic E-state index is 0.0836. The third-order valence-electron chi connectivity index (χ3n) is 3.77. The Labute approximate surface area is 178 Å². The molecule has 9 heteroatoms. The fraction of sp³-hybridized carbons (Fsp3) is 0. The molecule has 0 aliphatic rings. The van der Waals surface area contributed by atoms with Gasteiger partial charge in [0.25, 0.3) is 15.9 Å². The van der Waals surface area contributed by atoms with Crippen molar-refractivity contribution in [2.24, 2.45) is 5.10 Å². The van der Waals surface area contributed by atoms with Gasteiger partial charge in [-0.25, -0.2) is 13.8 Å². The van der Waals surface area contributed by atoms with Crippen LogP contribution in [0.3, 0.4) is 0 Å². The lowest BCUT2D eigenvalue weighted by atomic mass is 10.2. The maximum absolute atomic E-state index is 12.4. The normalized spacial score (nSPS) is 11.4. The number of sulfonamides is 1. The van der Waals surface area contributed by atoms with E-state index in [2.05, 4.69) is 15.2 Å². The van der Waals surface area contributed by atoms with E-state index in [0.717, 1.165) is 5.56 Å². The van der Waals surface area contributed by atoms with Gasteiger partial charge in [-0.05, 0) is 66.2 Å². The number of anilines is 1. The van der Waals surface area contributed by atoms with Crippen LogP contribution in [0.4, 0.5) is 5.69 Å². The summed E-state index contributed by atoms with van der Waals surface area (Å²) in [6.07, 6.45) is 1.49. The van der Waals surface area contributed by atoms with E-state index in [9.17, 15) is 13.2 Å². The molecule has 0 saturated carbocycles. The van der Waals surface area contributed by atoms with Crippen molar-refractivity contribution in [3.05, 3.63) is 94.0 Å². The highest BCUT2D eigenvalue weighted by molar-refractivity contribution is 7.92. The summed E-state index contributed by atoms with van der Waals surface area (Å²) in [5.41, 5.74) is 3.83. The second-order valence-corrected chi connectivity index (χ2v) is 8.44. The fourth-order valence-corrected chi connectivity index (χ4v) is 3.61. The first-order chi connectivity index (χ1) is 13.8. The second-order valence-electron chi connectivity index (χ2n) is 5.89. The SMILES string of the molecule is O=C(NN=Cc1ccc(Cl)cc1)c1ccc(NS(=O)(=O)c2ccc(Cl)cc2)cc1. The molecule has 0 aliphatic carbocycles. The standard InChI is InChI=1S/C20H15Cl2N3O3S/c21-16-5-1-14(2-6-16)13-23-24-20(26)15-3-9-18(10-4-15)25-29(27,28)19-11-7-17(22)8-12-19/h1-13,25H,(H,24,26). The van der Waals surface area contributed by atoms with E-state index in [4.69, 9.17) is 23.2 Å². The van der Waals surface area contributed by atoms with Gasteiger partial charge >= 0.3 is 0 Å². The molecule has 0 aliphatic heterocycles. The maximum atomic E-state index is 12.4. The van der Waals surface area contributed by atoms with Crippen molar-refractivity contribution in [1.29, 1.82) is 0 Å². The molecule has 148 valence electrons.